The van der Waals surface area contributed by atoms with Crippen LogP contribution in [0.5, 0.6) is 5.88 Å². The Bertz CT molecular complexity index is 1350. The number of pyridine rings is 1. The molecule has 2 fully saturated rings. The van der Waals surface area contributed by atoms with Gasteiger partial charge in [-0.1, -0.05) is 31.9 Å². The van der Waals surface area contributed by atoms with Crippen LogP contribution >= 0.6 is 11.8 Å². The molecule has 1 aliphatic heterocycles. The molecule has 2 aliphatic carbocycles. The predicted octanol–water partition coefficient (Wildman–Crippen LogP) is 6.86. The monoisotopic (exact) mass is 543 g/mol. The van der Waals surface area contributed by atoms with Crippen molar-refractivity contribution in [1.29, 1.82) is 0 Å². The van der Waals surface area contributed by atoms with Gasteiger partial charge in [-0.15, -0.1) is 11.8 Å². The van der Waals surface area contributed by atoms with Crippen LogP contribution in [0.1, 0.15) is 82.2 Å². The second kappa shape index (κ2) is 10.8. The highest BCUT2D eigenvalue weighted by Gasteiger charge is 2.48. The number of amides is 2. The molecule has 0 saturated heterocycles. The zero-order valence-electron chi connectivity index (χ0n) is 23.1. The number of fused-ring (bicyclic) bond motifs is 2. The molecule has 2 amide bonds. The highest BCUT2D eigenvalue weighted by atomic mass is 32.2. The Hall–Kier alpha value is -3.13. The normalized spacial score (nSPS) is 17.6. The second-order valence-corrected chi connectivity index (χ2v) is 12.6. The lowest BCUT2D eigenvalue weighted by molar-refractivity contribution is 0.233. The van der Waals surface area contributed by atoms with E-state index in [1.54, 1.807) is 6.33 Å². The molecular formula is C31H37N5O2S. The van der Waals surface area contributed by atoms with Crippen molar-refractivity contribution in [3.8, 4) is 17.1 Å². The zero-order valence-corrected chi connectivity index (χ0v) is 23.9. The van der Waals surface area contributed by atoms with Crippen LogP contribution in [-0.2, 0) is 12.0 Å². The molecule has 1 aromatic carbocycles. The molecule has 2 saturated carbocycles. The Morgan fingerprint density at radius 3 is 2.59 bits per heavy atom. The number of ether oxygens (including phenoxy) is 1. The minimum Gasteiger partial charge on any atom is -0.474 e. The van der Waals surface area contributed by atoms with Crippen LogP contribution in [0.25, 0.3) is 11.3 Å². The fraction of sp³-hybridized carbons (Fsp3) is 0.484. The van der Waals surface area contributed by atoms with Crippen molar-refractivity contribution in [3.63, 3.8) is 0 Å². The zero-order chi connectivity index (χ0) is 27.0. The van der Waals surface area contributed by atoms with Crippen LogP contribution in [0.15, 0.2) is 47.6 Å². The van der Waals surface area contributed by atoms with Crippen molar-refractivity contribution < 1.29 is 9.53 Å². The molecule has 3 aromatic rings. The summed E-state index contributed by atoms with van der Waals surface area (Å²) in [6.45, 7) is 7.36. The van der Waals surface area contributed by atoms with Gasteiger partial charge in [0.2, 0.25) is 5.88 Å². The molecule has 8 heteroatoms. The van der Waals surface area contributed by atoms with E-state index in [-0.39, 0.29) is 17.6 Å². The number of nitrogens with zero attached hydrogens (tertiary/aromatic N) is 4. The first-order valence-corrected chi connectivity index (χ1v) is 15.3. The quantitative estimate of drug-likeness (QED) is 0.313. The van der Waals surface area contributed by atoms with E-state index in [1.165, 1.54) is 4.90 Å². The summed E-state index contributed by atoms with van der Waals surface area (Å²) in [5, 5.41) is 3.16. The van der Waals surface area contributed by atoms with Crippen LogP contribution in [0, 0.1) is 0 Å². The molecule has 3 heterocycles. The topological polar surface area (TPSA) is 80.2 Å². The van der Waals surface area contributed by atoms with Crippen molar-refractivity contribution in [3.05, 3.63) is 59.7 Å². The fourth-order valence-electron chi connectivity index (χ4n) is 6.03. The lowest BCUT2D eigenvalue weighted by atomic mass is 9.84. The van der Waals surface area contributed by atoms with Gasteiger partial charge in [-0.25, -0.2) is 19.7 Å². The number of anilines is 1. The molecule has 39 heavy (non-hydrogen) atoms. The largest absolute Gasteiger partial charge is 0.474 e. The third-order valence-electron chi connectivity index (χ3n) is 8.02. The molecule has 204 valence electrons. The summed E-state index contributed by atoms with van der Waals surface area (Å²) in [5.41, 5.74) is 5.75. The third kappa shape index (κ3) is 5.23. The summed E-state index contributed by atoms with van der Waals surface area (Å²) >= 11 is 1.82. The van der Waals surface area contributed by atoms with Crippen molar-refractivity contribution in [2.45, 2.75) is 88.2 Å². The van der Waals surface area contributed by atoms with Crippen LogP contribution in [-0.4, -0.2) is 39.4 Å². The number of benzene rings is 1. The van der Waals surface area contributed by atoms with E-state index in [4.69, 9.17) is 9.72 Å². The molecule has 6 rings (SSSR count). The number of carbonyl (C=O) groups is 1. The Morgan fingerprint density at radius 1 is 1.13 bits per heavy atom. The number of hydrogen-bond acceptors (Lipinski definition) is 6. The molecule has 1 N–H and O–H groups in total. The van der Waals surface area contributed by atoms with Gasteiger partial charge in [0.25, 0.3) is 0 Å². The fourth-order valence-corrected chi connectivity index (χ4v) is 6.70. The minimum absolute atomic E-state index is 0.00194. The Kier molecular flexibility index (Phi) is 7.23. The Labute approximate surface area is 235 Å². The molecular weight excluding hydrogens is 506 g/mol. The van der Waals surface area contributed by atoms with Gasteiger partial charge >= 0.3 is 6.03 Å². The van der Waals surface area contributed by atoms with Gasteiger partial charge in [0.1, 0.15) is 6.33 Å². The van der Waals surface area contributed by atoms with Crippen LogP contribution in [0.2, 0.25) is 0 Å². The first kappa shape index (κ1) is 26.1. The maximum absolute atomic E-state index is 13.5. The van der Waals surface area contributed by atoms with Crippen LogP contribution in [0.3, 0.4) is 0 Å². The van der Waals surface area contributed by atoms with Crippen molar-refractivity contribution in [2.75, 3.05) is 17.2 Å². The van der Waals surface area contributed by atoms with E-state index < -0.39 is 0 Å². The summed E-state index contributed by atoms with van der Waals surface area (Å²) in [5.74, 6) is 2.09. The van der Waals surface area contributed by atoms with Crippen molar-refractivity contribution in [2.24, 2.45) is 0 Å². The number of hydrogen-bond donors (Lipinski definition) is 1. The van der Waals surface area contributed by atoms with E-state index in [2.05, 4.69) is 52.5 Å². The number of aromatic nitrogens is 3. The van der Waals surface area contributed by atoms with Gasteiger partial charge in [0.05, 0.1) is 34.4 Å². The molecule has 3 aliphatic rings. The molecule has 0 unspecified atom stereocenters. The lowest BCUT2D eigenvalue weighted by Gasteiger charge is -2.24. The summed E-state index contributed by atoms with van der Waals surface area (Å²) in [7, 11) is 0. The molecule has 0 radical (unpaired) electrons. The minimum atomic E-state index is -0.101. The van der Waals surface area contributed by atoms with Gasteiger partial charge in [0, 0.05) is 29.3 Å². The van der Waals surface area contributed by atoms with E-state index in [1.807, 2.05) is 36.6 Å². The summed E-state index contributed by atoms with van der Waals surface area (Å²) < 4.78 is 6.14. The molecule has 7 nitrogen and oxygen atoms in total. The van der Waals surface area contributed by atoms with E-state index >= 15 is 0 Å². The van der Waals surface area contributed by atoms with Gasteiger partial charge in [-0.05, 0) is 75.1 Å². The third-order valence-corrected chi connectivity index (χ3v) is 8.92. The first-order valence-electron chi connectivity index (χ1n) is 14.3. The van der Waals surface area contributed by atoms with Crippen LogP contribution < -0.4 is 15.0 Å². The Balaban J connectivity index is 1.30. The SMILES string of the molecule is CCSc1ccc(CNC(=O)N2CC3(CCCC3)c3nc(-c4c(OC(C)C)ncnc4C4CC4)ccc32)cc1. The highest BCUT2D eigenvalue weighted by Crippen LogP contribution is 2.51. The number of carbonyl (C=O) groups excluding carboxylic acids is 1. The van der Waals surface area contributed by atoms with Gasteiger partial charge in [-0.2, -0.15) is 0 Å². The van der Waals surface area contributed by atoms with Crippen molar-refractivity contribution in [1.82, 2.24) is 20.3 Å². The van der Waals surface area contributed by atoms with E-state index in [0.29, 0.717) is 24.9 Å². The summed E-state index contributed by atoms with van der Waals surface area (Å²) in [6, 6.07) is 12.5. The van der Waals surface area contributed by atoms with E-state index in [9.17, 15) is 4.79 Å². The predicted molar refractivity (Wildman–Crippen MR) is 156 cm³/mol. The van der Waals surface area contributed by atoms with Gasteiger partial charge in [-0.3, -0.25) is 4.90 Å². The average molecular weight is 544 g/mol. The maximum Gasteiger partial charge on any atom is 0.322 e. The molecule has 0 bridgehead atoms. The van der Waals surface area contributed by atoms with Gasteiger partial charge in [0.15, 0.2) is 0 Å². The molecule has 2 aromatic heterocycles. The lowest BCUT2D eigenvalue weighted by Crippen LogP contribution is -2.41. The Morgan fingerprint density at radius 2 is 1.90 bits per heavy atom. The number of rotatable bonds is 8. The second-order valence-electron chi connectivity index (χ2n) is 11.3. The summed E-state index contributed by atoms with van der Waals surface area (Å²) in [4.78, 5) is 31.2. The first-order chi connectivity index (χ1) is 19.0. The highest BCUT2D eigenvalue weighted by molar-refractivity contribution is 7.99. The number of nitrogens with one attached hydrogen (secondary N) is 1. The average Bonchev–Trinajstić information content (AvgIpc) is 3.60. The van der Waals surface area contributed by atoms with Gasteiger partial charge < -0.3 is 10.1 Å². The standard InChI is InChI=1S/C31H37N5O2S/c1-4-39-23-11-7-21(8-12-23)17-32-30(37)36-18-31(15-5-6-16-31)28-25(36)14-13-24(35-28)26-27(22-9-10-22)33-19-34-29(26)38-20(2)3/h7-8,11-14,19-20,22H,4-6,9-10,15-18H2,1-3H3,(H,32,37). The van der Waals surface area contributed by atoms with E-state index in [0.717, 1.165) is 78.2 Å². The maximum atomic E-state index is 13.5. The van der Waals surface area contributed by atoms with Crippen molar-refractivity contribution >= 4 is 23.5 Å². The molecule has 0 atom stereocenters. The smallest absolute Gasteiger partial charge is 0.322 e. The van der Waals surface area contributed by atoms with Crippen LogP contribution in [0.4, 0.5) is 10.5 Å². The molecule has 1 spiro atoms. The number of urea groups is 1. The summed E-state index contributed by atoms with van der Waals surface area (Å²) in [6.07, 6.45) is 8.30. The number of thioether (sulfide) groups is 1.